The normalized spacial score (nSPS) is 15.6. The van der Waals surface area contributed by atoms with E-state index in [1.165, 1.54) is 0 Å². The molecule has 0 saturated carbocycles. The van der Waals surface area contributed by atoms with Gasteiger partial charge in [0.05, 0.1) is 24.5 Å². The molecule has 1 aromatic heterocycles. The second-order valence-electron chi connectivity index (χ2n) is 5.04. The summed E-state index contributed by atoms with van der Waals surface area (Å²) in [5.74, 6) is -0.923. The molecule has 6 nitrogen and oxygen atoms in total. The molecule has 0 aliphatic carbocycles. The van der Waals surface area contributed by atoms with E-state index in [9.17, 15) is 4.79 Å². The van der Waals surface area contributed by atoms with Crippen LogP contribution >= 0.6 is 11.3 Å². The number of hydrogen-bond donors (Lipinski definition) is 2. The molecule has 0 bridgehead atoms. The number of thiazole rings is 1. The Kier molecular flexibility index (Phi) is 4.67. The molecule has 116 valence electrons. The van der Waals surface area contributed by atoms with Gasteiger partial charge in [0.2, 0.25) is 0 Å². The Morgan fingerprint density at radius 2 is 2.05 bits per heavy atom. The maximum absolute atomic E-state index is 10.8. The number of rotatable bonds is 5. The molecule has 1 aliphatic heterocycles. The van der Waals surface area contributed by atoms with E-state index in [1.54, 1.807) is 35.6 Å². The smallest absolute Gasteiger partial charge is 0.335 e. The van der Waals surface area contributed by atoms with Crippen molar-refractivity contribution in [3.05, 3.63) is 40.9 Å². The van der Waals surface area contributed by atoms with Gasteiger partial charge in [-0.05, 0) is 24.3 Å². The molecule has 2 heterocycles. The highest BCUT2D eigenvalue weighted by Gasteiger charge is 2.12. The average molecular weight is 319 g/mol. The third kappa shape index (κ3) is 3.82. The number of aromatic carboxylic acids is 1. The molecular weight excluding hydrogens is 302 g/mol. The lowest BCUT2D eigenvalue weighted by atomic mass is 10.2. The van der Waals surface area contributed by atoms with E-state index < -0.39 is 5.97 Å². The van der Waals surface area contributed by atoms with Crippen molar-refractivity contribution < 1.29 is 14.6 Å². The van der Waals surface area contributed by atoms with Crippen LogP contribution in [0.3, 0.4) is 0 Å². The van der Waals surface area contributed by atoms with Gasteiger partial charge in [-0.3, -0.25) is 4.90 Å². The number of morpholine rings is 1. The molecule has 22 heavy (non-hydrogen) atoms. The molecule has 2 aromatic rings. The van der Waals surface area contributed by atoms with Crippen molar-refractivity contribution in [3.63, 3.8) is 0 Å². The second kappa shape index (κ2) is 6.87. The van der Waals surface area contributed by atoms with Crippen molar-refractivity contribution in [2.45, 2.75) is 6.54 Å². The summed E-state index contributed by atoms with van der Waals surface area (Å²) in [6, 6.07) is 6.64. The number of ether oxygens (including phenoxy) is 1. The van der Waals surface area contributed by atoms with Crippen LogP contribution in [-0.2, 0) is 11.3 Å². The van der Waals surface area contributed by atoms with Gasteiger partial charge in [0.1, 0.15) is 0 Å². The molecule has 7 heteroatoms. The molecule has 0 spiro atoms. The van der Waals surface area contributed by atoms with Gasteiger partial charge in [-0.1, -0.05) is 0 Å². The van der Waals surface area contributed by atoms with Crippen LogP contribution in [0.4, 0.5) is 10.8 Å². The third-order valence-corrected chi connectivity index (χ3v) is 4.23. The Labute approximate surface area is 132 Å². The second-order valence-corrected chi connectivity index (χ2v) is 5.90. The Hall–Kier alpha value is -1.96. The summed E-state index contributed by atoms with van der Waals surface area (Å²) in [7, 11) is 0. The minimum atomic E-state index is -0.923. The van der Waals surface area contributed by atoms with Crippen LogP contribution < -0.4 is 5.32 Å². The molecule has 3 rings (SSSR count). The zero-order chi connectivity index (χ0) is 15.4. The number of aromatic nitrogens is 1. The number of anilines is 2. The fraction of sp³-hybridized carbons (Fsp3) is 0.333. The van der Waals surface area contributed by atoms with E-state index in [0.717, 1.165) is 49.4 Å². The van der Waals surface area contributed by atoms with Crippen molar-refractivity contribution >= 4 is 28.1 Å². The maximum Gasteiger partial charge on any atom is 0.335 e. The Bertz CT molecular complexity index is 636. The van der Waals surface area contributed by atoms with E-state index in [4.69, 9.17) is 9.84 Å². The fourth-order valence-corrected chi connectivity index (χ4v) is 2.97. The zero-order valence-electron chi connectivity index (χ0n) is 12.0. The number of nitrogens with one attached hydrogen (secondary N) is 1. The van der Waals surface area contributed by atoms with E-state index in [1.807, 2.05) is 5.38 Å². The van der Waals surface area contributed by atoms with Gasteiger partial charge in [0, 0.05) is 30.7 Å². The predicted molar refractivity (Wildman–Crippen MR) is 84.9 cm³/mol. The number of hydrogen-bond acceptors (Lipinski definition) is 6. The van der Waals surface area contributed by atoms with Crippen molar-refractivity contribution in [3.8, 4) is 0 Å². The molecule has 0 atom stereocenters. The molecule has 2 N–H and O–H groups in total. The van der Waals surface area contributed by atoms with Gasteiger partial charge >= 0.3 is 5.97 Å². The number of carboxylic acid groups (broad SMARTS) is 1. The van der Waals surface area contributed by atoms with Crippen molar-refractivity contribution in [2.75, 3.05) is 31.6 Å². The Morgan fingerprint density at radius 3 is 2.73 bits per heavy atom. The number of benzene rings is 1. The molecule has 1 aromatic carbocycles. The maximum atomic E-state index is 10.8. The lowest BCUT2D eigenvalue weighted by molar-refractivity contribution is 0.0337. The molecule has 1 aliphatic rings. The predicted octanol–water partition coefficient (Wildman–Crippen LogP) is 2.42. The van der Waals surface area contributed by atoms with Crippen LogP contribution in [0.2, 0.25) is 0 Å². The first kappa shape index (κ1) is 15.0. The molecular formula is C15H17N3O3S. The summed E-state index contributed by atoms with van der Waals surface area (Å²) >= 11 is 1.55. The standard InChI is InChI=1S/C15H17N3O3S/c19-14(20)11-1-3-12(4-2-11)16-15-17-13(10-22-15)9-18-5-7-21-8-6-18/h1-4,10H,5-9H2,(H,16,17)(H,19,20). The summed E-state index contributed by atoms with van der Waals surface area (Å²) in [6.07, 6.45) is 0. The topological polar surface area (TPSA) is 74.7 Å². The lowest BCUT2D eigenvalue weighted by Crippen LogP contribution is -2.35. The van der Waals surface area contributed by atoms with Crippen LogP contribution in [0.5, 0.6) is 0 Å². The van der Waals surface area contributed by atoms with Crippen LogP contribution in [0.1, 0.15) is 16.1 Å². The zero-order valence-corrected chi connectivity index (χ0v) is 12.8. The van der Waals surface area contributed by atoms with Gasteiger partial charge in [-0.15, -0.1) is 11.3 Å². The fourth-order valence-electron chi connectivity index (χ4n) is 2.24. The number of carbonyl (C=O) groups is 1. The van der Waals surface area contributed by atoms with E-state index in [-0.39, 0.29) is 5.56 Å². The van der Waals surface area contributed by atoms with Gasteiger partial charge in [-0.2, -0.15) is 0 Å². The van der Waals surface area contributed by atoms with Gasteiger partial charge < -0.3 is 15.2 Å². The van der Waals surface area contributed by atoms with Crippen molar-refractivity contribution in [1.82, 2.24) is 9.88 Å². The summed E-state index contributed by atoms with van der Waals surface area (Å²) in [5, 5.41) is 14.9. The minimum absolute atomic E-state index is 0.276. The summed E-state index contributed by atoms with van der Waals surface area (Å²) < 4.78 is 5.33. The summed E-state index contributed by atoms with van der Waals surface area (Å²) in [5.41, 5.74) is 2.14. The molecule has 1 saturated heterocycles. The van der Waals surface area contributed by atoms with Crippen LogP contribution in [0.25, 0.3) is 0 Å². The molecule has 0 radical (unpaired) electrons. The lowest BCUT2D eigenvalue weighted by Gasteiger charge is -2.25. The Balaban J connectivity index is 1.60. The Morgan fingerprint density at radius 1 is 1.32 bits per heavy atom. The highest BCUT2D eigenvalue weighted by atomic mass is 32.1. The van der Waals surface area contributed by atoms with E-state index in [2.05, 4.69) is 15.2 Å². The quantitative estimate of drug-likeness (QED) is 0.881. The summed E-state index contributed by atoms with van der Waals surface area (Å²) in [6.45, 7) is 4.28. The highest BCUT2D eigenvalue weighted by molar-refractivity contribution is 7.13. The first-order chi connectivity index (χ1) is 10.7. The number of nitrogens with zero attached hydrogens (tertiary/aromatic N) is 2. The SMILES string of the molecule is O=C(O)c1ccc(Nc2nc(CN3CCOCC3)cs2)cc1. The van der Waals surface area contributed by atoms with Crippen LogP contribution in [-0.4, -0.2) is 47.3 Å². The first-order valence-corrected chi connectivity index (χ1v) is 7.93. The van der Waals surface area contributed by atoms with Gasteiger partial charge in [0.25, 0.3) is 0 Å². The van der Waals surface area contributed by atoms with Gasteiger partial charge in [-0.25, -0.2) is 9.78 Å². The average Bonchev–Trinajstić information content (AvgIpc) is 2.96. The monoisotopic (exact) mass is 319 g/mol. The van der Waals surface area contributed by atoms with Crippen molar-refractivity contribution in [1.29, 1.82) is 0 Å². The third-order valence-electron chi connectivity index (χ3n) is 3.42. The van der Waals surface area contributed by atoms with E-state index in [0.29, 0.717) is 0 Å². The molecule has 0 unspecified atom stereocenters. The van der Waals surface area contributed by atoms with Crippen LogP contribution in [0.15, 0.2) is 29.6 Å². The largest absolute Gasteiger partial charge is 0.478 e. The molecule has 1 fully saturated rings. The highest BCUT2D eigenvalue weighted by Crippen LogP contribution is 2.22. The van der Waals surface area contributed by atoms with Crippen molar-refractivity contribution in [2.24, 2.45) is 0 Å². The van der Waals surface area contributed by atoms with E-state index >= 15 is 0 Å². The minimum Gasteiger partial charge on any atom is -0.478 e. The first-order valence-electron chi connectivity index (χ1n) is 7.05. The molecule has 0 amide bonds. The van der Waals surface area contributed by atoms with Crippen LogP contribution in [0, 0.1) is 0 Å². The summed E-state index contributed by atoms with van der Waals surface area (Å²) in [4.78, 5) is 17.7. The van der Waals surface area contributed by atoms with Gasteiger partial charge in [0.15, 0.2) is 5.13 Å². The number of carboxylic acids is 1.